The summed E-state index contributed by atoms with van der Waals surface area (Å²) in [6.45, 7) is 4.20. The van der Waals surface area contributed by atoms with E-state index in [1.54, 1.807) is 0 Å². The molecule has 0 unspecified atom stereocenters. The SMILES string of the molecule is C[C@H]1CCCC[C@H]1OCCNC(=O)C1CCN(S(C)(=O)=O)CC1. The van der Waals surface area contributed by atoms with Crippen LogP contribution in [0.5, 0.6) is 0 Å². The summed E-state index contributed by atoms with van der Waals surface area (Å²) >= 11 is 0. The van der Waals surface area contributed by atoms with Crippen LogP contribution in [0, 0.1) is 11.8 Å². The summed E-state index contributed by atoms with van der Waals surface area (Å²) in [5.74, 6) is 0.555. The first kappa shape index (κ1) is 18.7. The minimum Gasteiger partial charge on any atom is -0.376 e. The maximum absolute atomic E-state index is 12.1. The molecule has 0 aromatic heterocycles. The molecule has 6 nitrogen and oxygen atoms in total. The average Bonchev–Trinajstić information content (AvgIpc) is 2.52. The lowest BCUT2D eigenvalue weighted by atomic mass is 9.88. The summed E-state index contributed by atoms with van der Waals surface area (Å²) in [4.78, 5) is 12.1. The molecule has 1 amide bonds. The van der Waals surface area contributed by atoms with Gasteiger partial charge >= 0.3 is 0 Å². The number of hydrogen-bond acceptors (Lipinski definition) is 4. The summed E-state index contributed by atoms with van der Waals surface area (Å²) in [5, 5.41) is 2.93. The van der Waals surface area contributed by atoms with Crippen LogP contribution in [0.25, 0.3) is 0 Å². The van der Waals surface area contributed by atoms with Gasteiger partial charge in [0.15, 0.2) is 0 Å². The van der Waals surface area contributed by atoms with Crippen LogP contribution < -0.4 is 5.32 Å². The Kier molecular flexibility index (Phi) is 6.85. The van der Waals surface area contributed by atoms with Gasteiger partial charge in [-0.25, -0.2) is 12.7 Å². The normalized spacial score (nSPS) is 27.7. The predicted molar refractivity (Wildman–Crippen MR) is 89.5 cm³/mol. The smallest absolute Gasteiger partial charge is 0.223 e. The topological polar surface area (TPSA) is 75.7 Å². The van der Waals surface area contributed by atoms with Crippen molar-refractivity contribution < 1.29 is 17.9 Å². The van der Waals surface area contributed by atoms with Crippen LogP contribution in [0.3, 0.4) is 0 Å². The highest BCUT2D eigenvalue weighted by atomic mass is 32.2. The van der Waals surface area contributed by atoms with Crippen LogP contribution in [-0.2, 0) is 19.6 Å². The van der Waals surface area contributed by atoms with Crippen molar-refractivity contribution in [3.63, 3.8) is 0 Å². The number of carbonyl (C=O) groups is 1. The molecule has 0 radical (unpaired) electrons. The highest BCUT2D eigenvalue weighted by Gasteiger charge is 2.28. The van der Waals surface area contributed by atoms with Crippen LogP contribution >= 0.6 is 0 Å². The molecule has 2 atom stereocenters. The van der Waals surface area contributed by atoms with Crippen molar-refractivity contribution in [1.29, 1.82) is 0 Å². The van der Waals surface area contributed by atoms with Gasteiger partial charge in [-0.15, -0.1) is 0 Å². The lowest BCUT2D eigenvalue weighted by Crippen LogP contribution is -2.43. The van der Waals surface area contributed by atoms with Gasteiger partial charge in [-0.2, -0.15) is 0 Å². The molecule has 2 fully saturated rings. The lowest BCUT2D eigenvalue weighted by Gasteiger charge is -2.30. The van der Waals surface area contributed by atoms with E-state index in [1.807, 2.05) is 0 Å². The van der Waals surface area contributed by atoms with Crippen molar-refractivity contribution >= 4 is 15.9 Å². The van der Waals surface area contributed by atoms with Gasteiger partial charge in [-0.1, -0.05) is 19.8 Å². The molecule has 2 rings (SSSR count). The molecule has 1 N–H and O–H groups in total. The second kappa shape index (κ2) is 8.44. The Morgan fingerprint density at radius 2 is 1.83 bits per heavy atom. The molecule has 0 aromatic rings. The van der Waals surface area contributed by atoms with Crippen LogP contribution in [0.15, 0.2) is 0 Å². The van der Waals surface area contributed by atoms with Crippen molar-refractivity contribution in [2.75, 3.05) is 32.5 Å². The van der Waals surface area contributed by atoms with Gasteiger partial charge < -0.3 is 10.1 Å². The third-order valence-corrected chi connectivity index (χ3v) is 6.36. The Bertz CT molecular complexity index is 486. The first-order valence-corrected chi connectivity index (χ1v) is 10.6. The summed E-state index contributed by atoms with van der Waals surface area (Å²) in [6.07, 6.45) is 7.63. The van der Waals surface area contributed by atoms with Gasteiger partial charge in [0.05, 0.1) is 19.0 Å². The molecule has 23 heavy (non-hydrogen) atoms. The van der Waals surface area contributed by atoms with E-state index in [1.165, 1.54) is 29.8 Å². The first-order valence-electron chi connectivity index (χ1n) is 8.72. The average molecular weight is 346 g/mol. The maximum atomic E-state index is 12.1. The molecule has 1 saturated carbocycles. The minimum absolute atomic E-state index is 0.0263. The van der Waals surface area contributed by atoms with Gasteiger partial charge in [-0.05, 0) is 31.6 Å². The fourth-order valence-corrected chi connectivity index (χ4v) is 4.38. The largest absolute Gasteiger partial charge is 0.376 e. The highest BCUT2D eigenvalue weighted by Crippen LogP contribution is 2.26. The zero-order chi connectivity index (χ0) is 16.9. The Balaban J connectivity index is 1.62. The fourth-order valence-electron chi connectivity index (χ4n) is 3.51. The van der Waals surface area contributed by atoms with Gasteiger partial charge in [0.2, 0.25) is 15.9 Å². The number of hydrogen-bond donors (Lipinski definition) is 1. The molecular weight excluding hydrogens is 316 g/mol. The molecule has 2 aliphatic rings. The van der Waals surface area contributed by atoms with Gasteiger partial charge in [-0.3, -0.25) is 4.79 Å². The molecule has 0 bridgehead atoms. The number of amides is 1. The van der Waals surface area contributed by atoms with Crippen molar-refractivity contribution in [3.8, 4) is 0 Å². The quantitative estimate of drug-likeness (QED) is 0.737. The van der Waals surface area contributed by atoms with E-state index in [9.17, 15) is 13.2 Å². The van der Waals surface area contributed by atoms with Crippen molar-refractivity contribution in [1.82, 2.24) is 9.62 Å². The molecule has 1 saturated heterocycles. The van der Waals surface area contributed by atoms with E-state index in [0.717, 1.165) is 6.42 Å². The second-order valence-corrected chi connectivity index (χ2v) is 8.88. The number of carbonyl (C=O) groups excluding carboxylic acids is 1. The van der Waals surface area contributed by atoms with Crippen LogP contribution in [-0.4, -0.2) is 57.2 Å². The number of ether oxygens (including phenoxy) is 1. The van der Waals surface area contributed by atoms with Crippen LogP contribution in [0.4, 0.5) is 0 Å². The number of rotatable bonds is 6. The van der Waals surface area contributed by atoms with E-state index in [2.05, 4.69) is 12.2 Å². The van der Waals surface area contributed by atoms with E-state index in [-0.39, 0.29) is 11.8 Å². The monoisotopic (exact) mass is 346 g/mol. The Morgan fingerprint density at radius 1 is 1.17 bits per heavy atom. The standard InChI is InChI=1S/C16H30N2O4S/c1-13-5-3-4-6-15(13)22-12-9-17-16(19)14-7-10-18(11-8-14)23(2,20)21/h13-15H,3-12H2,1-2H3,(H,17,19)/t13-,15+/m0/s1. The van der Waals surface area contributed by atoms with E-state index in [4.69, 9.17) is 4.74 Å². The number of nitrogens with one attached hydrogen (secondary N) is 1. The van der Waals surface area contributed by atoms with Crippen molar-refractivity contribution in [2.45, 2.75) is 51.6 Å². The maximum Gasteiger partial charge on any atom is 0.223 e. The molecule has 7 heteroatoms. The Morgan fingerprint density at radius 3 is 2.43 bits per heavy atom. The van der Waals surface area contributed by atoms with Crippen LogP contribution in [0.2, 0.25) is 0 Å². The molecule has 1 heterocycles. The zero-order valence-corrected chi connectivity index (χ0v) is 15.1. The Hall–Kier alpha value is -0.660. The molecule has 134 valence electrons. The molecule has 0 spiro atoms. The third-order valence-electron chi connectivity index (χ3n) is 5.06. The molecular formula is C16H30N2O4S. The zero-order valence-electron chi connectivity index (χ0n) is 14.3. The summed E-state index contributed by atoms with van der Waals surface area (Å²) < 4.78 is 30.3. The van der Waals surface area contributed by atoms with Crippen molar-refractivity contribution in [3.05, 3.63) is 0 Å². The van der Waals surface area contributed by atoms with Crippen LogP contribution in [0.1, 0.15) is 45.4 Å². The minimum atomic E-state index is -3.13. The predicted octanol–water partition coefficient (Wildman–Crippen LogP) is 1.37. The second-order valence-electron chi connectivity index (χ2n) is 6.90. The van der Waals surface area contributed by atoms with Gasteiger partial charge in [0.1, 0.15) is 0 Å². The molecule has 0 aromatic carbocycles. The highest BCUT2D eigenvalue weighted by molar-refractivity contribution is 7.88. The summed E-state index contributed by atoms with van der Waals surface area (Å²) in [5.41, 5.74) is 0. The first-order chi connectivity index (χ1) is 10.9. The number of sulfonamides is 1. The molecule has 1 aliphatic heterocycles. The number of piperidine rings is 1. The van der Waals surface area contributed by atoms with E-state index >= 15 is 0 Å². The fraction of sp³-hybridized carbons (Fsp3) is 0.938. The van der Waals surface area contributed by atoms with Gasteiger partial charge in [0.25, 0.3) is 0 Å². The third kappa shape index (κ3) is 5.72. The number of nitrogens with zero attached hydrogens (tertiary/aromatic N) is 1. The van der Waals surface area contributed by atoms with Crippen molar-refractivity contribution in [2.24, 2.45) is 11.8 Å². The van der Waals surface area contributed by atoms with E-state index in [0.29, 0.717) is 51.1 Å². The van der Waals surface area contributed by atoms with E-state index < -0.39 is 10.0 Å². The lowest BCUT2D eigenvalue weighted by molar-refractivity contribution is -0.126. The van der Waals surface area contributed by atoms with Gasteiger partial charge in [0, 0.05) is 25.6 Å². The summed E-state index contributed by atoms with van der Waals surface area (Å²) in [7, 11) is -3.13. The Labute approximate surface area is 140 Å². The molecule has 1 aliphatic carbocycles. The summed E-state index contributed by atoms with van der Waals surface area (Å²) in [6, 6.07) is 0.